The molecular weight excluding hydrogens is 468 g/mol. The molecule has 5 rings (SSSR count). The number of amides is 1. The minimum atomic E-state index is -0.699. The summed E-state index contributed by atoms with van der Waals surface area (Å²) in [5, 5.41) is 8.00. The smallest absolute Gasteiger partial charge is 0.338 e. The Morgan fingerprint density at radius 1 is 1.14 bits per heavy atom. The van der Waals surface area contributed by atoms with Gasteiger partial charge in [-0.3, -0.25) is 9.59 Å². The van der Waals surface area contributed by atoms with Gasteiger partial charge in [0.2, 0.25) is 4.96 Å². The molecule has 35 heavy (non-hydrogen) atoms. The standard InChI is InChI=1S/C25H22N4O5S/c1-15(34-20-5-3-2-4-6-20)22(31)26-18-11-9-17(10-12-18)24(32)33-14-19-13-21(30)29-25(27-19)35-23(28-29)16-7-8-16/h2-6,9-13,15-16H,7-8,14H2,1H3,(H,26,31)/t15-/m1/s1. The molecule has 10 heteroatoms. The van der Waals surface area contributed by atoms with Crippen LogP contribution in [0.5, 0.6) is 5.75 Å². The van der Waals surface area contributed by atoms with E-state index in [0.29, 0.717) is 33.6 Å². The highest BCUT2D eigenvalue weighted by molar-refractivity contribution is 7.16. The van der Waals surface area contributed by atoms with Gasteiger partial charge in [0.25, 0.3) is 11.5 Å². The van der Waals surface area contributed by atoms with Crippen molar-refractivity contribution in [3.8, 4) is 5.75 Å². The number of carbonyl (C=O) groups is 2. The summed E-state index contributed by atoms with van der Waals surface area (Å²) < 4.78 is 12.2. The molecule has 1 atom stereocenters. The fourth-order valence-electron chi connectivity index (χ4n) is 3.35. The number of benzene rings is 2. The third-order valence-electron chi connectivity index (χ3n) is 5.40. The number of esters is 1. The van der Waals surface area contributed by atoms with Crippen LogP contribution < -0.4 is 15.6 Å². The van der Waals surface area contributed by atoms with Gasteiger partial charge in [0.05, 0.1) is 11.3 Å². The number of nitrogens with zero attached hydrogens (tertiary/aromatic N) is 3. The molecular formula is C25H22N4O5S. The highest BCUT2D eigenvalue weighted by Crippen LogP contribution is 2.41. The molecule has 9 nitrogen and oxygen atoms in total. The summed E-state index contributed by atoms with van der Waals surface area (Å²) >= 11 is 1.39. The average molecular weight is 491 g/mol. The van der Waals surface area contributed by atoms with Gasteiger partial charge < -0.3 is 14.8 Å². The lowest BCUT2D eigenvalue weighted by molar-refractivity contribution is -0.122. The van der Waals surface area contributed by atoms with Crippen LogP contribution in [-0.2, 0) is 16.1 Å². The van der Waals surface area contributed by atoms with Crippen molar-refractivity contribution >= 4 is 33.9 Å². The molecule has 2 aromatic heterocycles. The molecule has 1 fully saturated rings. The van der Waals surface area contributed by atoms with E-state index in [4.69, 9.17) is 9.47 Å². The van der Waals surface area contributed by atoms with E-state index in [1.54, 1.807) is 43.3 Å². The van der Waals surface area contributed by atoms with Crippen LogP contribution in [0, 0.1) is 0 Å². The molecule has 1 N–H and O–H groups in total. The van der Waals surface area contributed by atoms with Crippen molar-refractivity contribution in [2.45, 2.75) is 38.4 Å². The first-order valence-corrected chi connectivity index (χ1v) is 12.0. The van der Waals surface area contributed by atoms with Crippen LogP contribution in [0.4, 0.5) is 5.69 Å². The topological polar surface area (TPSA) is 112 Å². The minimum absolute atomic E-state index is 0.131. The highest BCUT2D eigenvalue weighted by atomic mass is 32.1. The van der Waals surface area contributed by atoms with Gasteiger partial charge in [0.15, 0.2) is 6.10 Å². The van der Waals surface area contributed by atoms with Crippen molar-refractivity contribution in [1.29, 1.82) is 0 Å². The van der Waals surface area contributed by atoms with Crippen LogP contribution in [-0.4, -0.2) is 32.6 Å². The molecule has 1 saturated carbocycles. The van der Waals surface area contributed by atoms with E-state index in [0.717, 1.165) is 17.8 Å². The van der Waals surface area contributed by atoms with E-state index in [9.17, 15) is 14.4 Å². The molecule has 1 aliphatic carbocycles. The van der Waals surface area contributed by atoms with Crippen molar-refractivity contribution < 1.29 is 19.1 Å². The summed E-state index contributed by atoms with van der Waals surface area (Å²) in [6, 6.07) is 16.7. The number of carbonyl (C=O) groups excluding carboxylic acids is 2. The molecule has 0 unspecified atom stereocenters. The molecule has 0 radical (unpaired) electrons. The van der Waals surface area contributed by atoms with Gasteiger partial charge in [-0.2, -0.15) is 9.61 Å². The predicted octanol–water partition coefficient (Wildman–Crippen LogP) is 3.79. The lowest BCUT2D eigenvalue weighted by Gasteiger charge is -2.14. The zero-order chi connectivity index (χ0) is 24.4. The van der Waals surface area contributed by atoms with Gasteiger partial charge in [0, 0.05) is 17.7 Å². The second kappa shape index (κ2) is 9.67. The Hall–Kier alpha value is -4.05. The van der Waals surface area contributed by atoms with Crippen LogP contribution in [0.2, 0.25) is 0 Å². The van der Waals surface area contributed by atoms with Crippen molar-refractivity contribution in [3.05, 3.63) is 87.3 Å². The fraction of sp³-hybridized carbons (Fsp3) is 0.240. The van der Waals surface area contributed by atoms with E-state index in [2.05, 4.69) is 15.4 Å². The largest absolute Gasteiger partial charge is 0.481 e. The first kappa shape index (κ1) is 22.7. The molecule has 4 aromatic rings. The normalized spacial score (nSPS) is 13.9. The maximum Gasteiger partial charge on any atom is 0.338 e. The lowest BCUT2D eigenvalue weighted by Crippen LogP contribution is -2.30. The minimum Gasteiger partial charge on any atom is -0.481 e. The number of hydrogen-bond donors (Lipinski definition) is 1. The van der Waals surface area contributed by atoms with Gasteiger partial charge in [-0.15, -0.1) is 0 Å². The highest BCUT2D eigenvalue weighted by Gasteiger charge is 2.28. The van der Waals surface area contributed by atoms with E-state index < -0.39 is 12.1 Å². The van der Waals surface area contributed by atoms with Crippen LogP contribution >= 0.6 is 11.3 Å². The van der Waals surface area contributed by atoms with E-state index in [1.807, 2.05) is 18.2 Å². The zero-order valence-electron chi connectivity index (χ0n) is 18.8. The number of aromatic nitrogens is 3. The first-order valence-electron chi connectivity index (χ1n) is 11.2. The van der Waals surface area contributed by atoms with E-state index >= 15 is 0 Å². The van der Waals surface area contributed by atoms with Gasteiger partial charge in [-0.05, 0) is 56.2 Å². The second-order valence-corrected chi connectivity index (χ2v) is 9.20. The molecule has 2 aromatic carbocycles. The average Bonchev–Trinajstić information content (AvgIpc) is 3.62. The summed E-state index contributed by atoms with van der Waals surface area (Å²) in [7, 11) is 0. The molecule has 1 aliphatic rings. The second-order valence-electron chi connectivity index (χ2n) is 8.21. The van der Waals surface area contributed by atoms with Crippen LogP contribution in [0.25, 0.3) is 4.96 Å². The van der Waals surface area contributed by atoms with E-state index in [1.165, 1.54) is 21.9 Å². The summed E-state index contributed by atoms with van der Waals surface area (Å²) in [6.07, 6.45) is 1.47. The fourth-order valence-corrected chi connectivity index (χ4v) is 4.45. The SMILES string of the molecule is C[C@@H](Oc1ccccc1)C(=O)Nc1ccc(C(=O)OCc2cc(=O)n3nc(C4CC4)sc3n2)cc1. The van der Waals surface area contributed by atoms with Gasteiger partial charge >= 0.3 is 5.97 Å². The van der Waals surface area contributed by atoms with Crippen LogP contribution in [0.15, 0.2) is 65.5 Å². The molecule has 0 aliphatic heterocycles. The van der Waals surface area contributed by atoms with Gasteiger partial charge in [-0.1, -0.05) is 29.5 Å². The number of anilines is 1. The van der Waals surface area contributed by atoms with Gasteiger partial charge in [0.1, 0.15) is 17.4 Å². The summed E-state index contributed by atoms with van der Waals surface area (Å²) in [5.41, 5.74) is 0.899. The van der Waals surface area contributed by atoms with Crippen molar-refractivity contribution in [1.82, 2.24) is 14.6 Å². The predicted molar refractivity (Wildman–Crippen MR) is 130 cm³/mol. The number of hydrogen-bond acceptors (Lipinski definition) is 8. The third kappa shape index (κ3) is 5.38. The van der Waals surface area contributed by atoms with Crippen molar-refractivity contribution in [3.63, 3.8) is 0 Å². The van der Waals surface area contributed by atoms with E-state index in [-0.39, 0.29) is 18.1 Å². The maximum atomic E-state index is 12.5. The monoisotopic (exact) mass is 490 g/mol. The maximum absolute atomic E-state index is 12.5. The molecule has 178 valence electrons. The lowest BCUT2D eigenvalue weighted by atomic mass is 10.2. The van der Waals surface area contributed by atoms with Gasteiger partial charge in [-0.25, -0.2) is 9.78 Å². The quantitative estimate of drug-likeness (QED) is 0.374. The molecule has 0 bridgehead atoms. The first-order chi connectivity index (χ1) is 17.0. The number of ether oxygens (including phenoxy) is 2. The Morgan fingerprint density at radius 2 is 1.89 bits per heavy atom. The zero-order valence-corrected chi connectivity index (χ0v) is 19.7. The molecule has 0 spiro atoms. The number of para-hydroxylation sites is 1. The Bertz CT molecular complexity index is 1430. The Kier molecular flexibility index (Phi) is 6.28. The number of fused-ring (bicyclic) bond motifs is 1. The van der Waals surface area contributed by atoms with Crippen molar-refractivity contribution in [2.75, 3.05) is 5.32 Å². The summed E-state index contributed by atoms with van der Waals surface area (Å²) in [5.74, 6) is 0.150. The summed E-state index contributed by atoms with van der Waals surface area (Å²) in [6.45, 7) is 1.53. The Morgan fingerprint density at radius 3 is 2.60 bits per heavy atom. The Labute approximate surface area is 204 Å². The van der Waals surface area contributed by atoms with Crippen LogP contribution in [0.3, 0.4) is 0 Å². The Balaban J connectivity index is 1.17. The van der Waals surface area contributed by atoms with Crippen LogP contribution in [0.1, 0.15) is 46.7 Å². The molecule has 1 amide bonds. The summed E-state index contributed by atoms with van der Waals surface area (Å²) in [4.78, 5) is 42.1. The molecule has 0 saturated heterocycles. The number of nitrogens with one attached hydrogen (secondary N) is 1. The third-order valence-corrected chi connectivity index (χ3v) is 6.48. The number of rotatable bonds is 8. The molecule has 2 heterocycles. The van der Waals surface area contributed by atoms with Crippen molar-refractivity contribution in [2.24, 2.45) is 0 Å².